The second-order valence-electron chi connectivity index (χ2n) is 12.5. The van der Waals surface area contributed by atoms with E-state index >= 15 is 0 Å². The molecule has 0 N–H and O–H groups in total. The van der Waals surface area contributed by atoms with E-state index < -0.39 is 0 Å². The summed E-state index contributed by atoms with van der Waals surface area (Å²) in [5, 5.41) is 2.62. The Balaban J connectivity index is 1.30. The predicted octanol–water partition coefficient (Wildman–Crippen LogP) is 14.2. The summed E-state index contributed by atoms with van der Waals surface area (Å²) in [5.74, 6) is 0. The molecule has 0 unspecified atom stereocenters. The molecule has 0 amide bonds. The Morgan fingerprint density at radius 1 is 0.340 bits per heavy atom. The monoisotopic (exact) mass is 655 g/mol. The zero-order valence-corrected chi connectivity index (χ0v) is 28.2. The van der Waals surface area contributed by atoms with Crippen molar-refractivity contribution in [3.05, 3.63) is 200 Å². The highest BCUT2D eigenvalue weighted by atomic mass is 32.1. The van der Waals surface area contributed by atoms with Gasteiger partial charge in [-0.2, -0.15) is 0 Å². The Bertz CT molecular complexity index is 2590. The molecule has 0 aliphatic heterocycles. The van der Waals surface area contributed by atoms with Crippen molar-refractivity contribution in [2.24, 2.45) is 0 Å². The SMILES string of the molecule is c1ccc(-c2ccccc2-c2c(-c3ccccc3)cccc2N(c2ccccc2)c2cccc(-c3cccc4c3sc3ccccc34)c2)cc1. The van der Waals surface area contributed by atoms with Crippen LogP contribution >= 0.6 is 11.3 Å². The number of benzene rings is 8. The van der Waals surface area contributed by atoms with E-state index in [0.29, 0.717) is 0 Å². The van der Waals surface area contributed by atoms with Gasteiger partial charge in [0.2, 0.25) is 0 Å². The van der Waals surface area contributed by atoms with Gasteiger partial charge in [0, 0.05) is 37.1 Å². The molecule has 1 heterocycles. The van der Waals surface area contributed by atoms with Crippen LogP contribution in [0, 0.1) is 0 Å². The minimum atomic E-state index is 1.10. The molecule has 0 aliphatic rings. The quantitative estimate of drug-likeness (QED) is 0.165. The summed E-state index contributed by atoms with van der Waals surface area (Å²) in [5.41, 5.74) is 13.0. The third kappa shape index (κ3) is 5.37. The lowest BCUT2D eigenvalue weighted by Gasteiger charge is -2.30. The van der Waals surface area contributed by atoms with Gasteiger partial charge < -0.3 is 4.90 Å². The molecular formula is C48H33NS. The summed E-state index contributed by atoms with van der Waals surface area (Å²) in [6.07, 6.45) is 0. The second-order valence-corrected chi connectivity index (χ2v) is 13.5. The fourth-order valence-corrected chi connectivity index (χ4v) is 8.47. The van der Waals surface area contributed by atoms with Crippen LogP contribution in [-0.2, 0) is 0 Å². The first-order valence-electron chi connectivity index (χ1n) is 17.0. The van der Waals surface area contributed by atoms with Gasteiger partial charge in [-0.3, -0.25) is 0 Å². The average Bonchev–Trinajstić information content (AvgIpc) is 3.58. The first kappa shape index (κ1) is 29.9. The van der Waals surface area contributed by atoms with Crippen molar-refractivity contribution in [1.29, 1.82) is 0 Å². The molecule has 50 heavy (non-hydrogen) atoms. The molecule has 0 aliphatic carbocycles. The van der Waals surface area contributed by atoms with Gasteiger partial charge >= 0.3 is 0 Å². The highest BCUT2D eigenvalue weighted by Gasteiger charge is 2.23. The van der Waals surface area contributed by atoms with E-state index in [4.69, 9.17) is 0 Å². The molecule has 236 valence electrons. The van der Waals surface area contributed by atoms with Crippen LogP contribution in [0.5, 0.6) is 0 Å². The number of para-hydroxylation sites is 1. The van der Waals surface area contributed by atoms with Crippen molar-refractivity contribution < 1.29 is 0 Å². The topological polar surface area (TPSA) is 3.24 Å². The number of anilines is 3. The highest BCUT2D eigenvalue weighted by Crippen LogP contribution is 2.48. The van der Waals surface area contributed by atoms with E-state index in [-0.39, 0.29) is 0 Å². The van der Waals surface area contributed by atoms with Crippen LogP contribution in [0.3, 0.4) is 0 Å². The van der Waals surface area contributed by atoms with Gasteiger partial charge in [-0.1, -0.05) is 164 Å². The Hall–Kier alpha value is -6.22. The molecule has 8 aromatic carbocycles. The lowest BCUT2D eigenvalue weighted by molar-refractivity contribution is 1.28. The normalized spacial score (nSPS) is 11.2. The molecule has 9 rings (SSSR count). The molecule has 0 fully saturated rings. The highest BCUT2D eigenvalue weighted by molar-refractivity contribution is 7.26. The lowest BCUT2D eigenvalue weighted by atomic mass is 9.87. The molecule has 0 radical (unpaired) electrons. The van der Waals surface area contributed by atoms with Crippen LogP contribution in [0.15, 0.2) is 200 Å². The fourth-order valence-electron chi connectivity index (χ4n) is 7.23. The average molecular weight is 656 g/mol. The smallest absolute Gasteiger partial charge is 0.0546 e. The van der Waals surface area contributed by atoms with Crippen LogP contribution < -0.4 is 4.90 Å². The Morgan fingerprint density at radius 2 is 0.860 bits per heavy atom. The maximum atomic E-state index is 2.43. The summed E-state index contributed by atoms with van der Waals surface area (Å²) >= 11 is 1.88. The van der Waals surface area contributed by atoms with Gasteiger partial charge in [0.1, 0.15) is 0 Å². The lowest BCUT2D eigenvalue weighted by Crippen LogP contribution is -2.12. The first-order chi connectivity index (χ1) is 24.8. The third-order valence-electron chi connectivity index (χ3n) is 9.48. The van der Waals surface area contributed by atoms with E-state index in [1.165, 1.54) is 64.7 Å². The number of fused-ring (bicyclic) bond motifs is 3. The second kappa shape index (κ2) is 13.0. The summed E-state index contributed by atoms with van der Waals surface area (Å²) < 4.78 is 2.64. The molecule has 0 spiro atoms. The number of rotatable bonds is 7. The van der Waals surface area contributed by atoms with E-state index in [9.17, 15) is 0 Å². The molecule has 0 atom stereocenters. The number of thiophene rings is 1. The van der Waals surface area contributed by atoms with Crippen molar-refractivity contribution in [2.75, 3.05) is 4.90 Å². The van der Waals surface area contributed by atoms with Crippen LogP contribution in [0.25, 0.3) is 64.7 Å². The van der Waals surface area contributed by atoms with E-state index in [2.05, 4.69) is 205 Å². The number of hydrogen-bond donors (Lipinski definition) is 0. The third-order valence-corrected chi connectivity index (χ3v) is 10.7. The van der Waals surface area contributed by atoms with Gasteiger partial charge in [0.05, 0.1) is 5.69 Å². The first-order valence-corrected chi connectivity index (χ1v) is 17.8. The largest absolute Gasteiger partial charge is 0.310 e. The van der Waals surface area contributed by atoms with Crippen molar-refractivity contribution in [2.45, 2.75) is 0 Å². The van der Waals surface area contributed by atoms with E-state index in [0.717, 1.165) is 17.1 Å². The standard InChI is InChI=1S/C48H33NS/c1-4-17-34(18-5-1)39-25-10-11-27-43(39)47-40(35-19-6-2-7-20-35)28-16-31-45(47)49(37-22-8-3-9-23-37)38-24-14-21-36(33-38)41-29-15-30-44-42-26-12-13-32-46(42)50-48(41)44/h1-33H. The van der Waals surface area contributed by atoms with Gasteiger partial charge in [0.15, 0.2) is 0 Å². The Kier molecular flexibility index (Phi) is 7.77. The van der Waals surface area contributed by atoms with Crippen LogP contribution in [0.2, 0.25) is 0 Å². The summed E-state index contributed by atoms with van der Waals surface area (Å²) in [6, 6.07) is 72.3. The fraction of sp³-hybridized carbons (Fsp3) is 0. The van der Waals surface area contributed by atoms with Gasteiger partial charge in [-0.25, -0.2) is 0 Å². The zero-order valence-electron chi connectivity index (χ0n) is 27.4. The minimum Gasteiger partial charge on any atom is -0.310 e. The van der Waals surface area contributed by atoms with Crippen LogP contribution in [-0.4, -0.2) is 0 Å². The number of nitrogens with zero attached hydrogens (tertiary/aromatic N) is 1. The summed E-state index contributed by atoms with van der Waals surface area (Å²) in [6.45, 7) is 0. The van der Waals surface area contributed by atoms with Crippen molar-refractivity contribution >= 4 is 48.6 Å². The molecule has 0 saturated heterocycles. The van der Waals surface area contributed by atoms with Crippen molar-refractivity contribution in [3.8, 4) is 44.5 Å². The van der Waals surface area contributed by atoms with Gasteiger partial charge in [-0.05, 0) is 75.3 Å². The van der Waals surface area contributed by atoms with E-state index in [1.807, 2.05) is 11.3 Å². The molecule has 0 saturated carbocycles. The molecule has 1 nitrogen and oxygen atoms in total. The Morgan fingerprint density at radius 3 is 1.64 bits per heavy atom. The zero-order chi connectivity index (χ0) is 33.3. The maximum Gasteiger partial charge on any atom is 0.0546 e. The van der Waals surface area contributed by atoms with Gasteiger partial charge in [-0.15, -0.1) is 11.3 Å². The Labute approximate surface area is 297 Å². The summed E-state index contributed by atoms with van der Waals surface area (Å²) in [4.78, 5) is 2.43. The van der Waals surface area contributed by atoms with E-state index in [1.54, 1.807) is 0 Å². The molecule has 9 aromatic rings. The number of hydrogen-bond acceptors (Lipinski definition) is 2. The van der Waals surface area contributed by atoms with Gasteiger partial charge in [0.25, 0.3) is 0 Å². The summed E-state index contributed by atoms with van der Waals surface area (Å²) in [7, 11) is 0. The minimum absolute atomic E-state index is 1.10. The maximum absolute atomic E-state index is 2.43. The van der Waals surface area contributed by atoms with Crippen LogP contribution in [0.4, 0.5) is 17.1 Å². The van der Waals surface area contributed by atoms with Crippen molar-refractivity contribution in [1.82, 2.24) is 0 Å². The molecule has 1 aromatic heterocycles. The molecular weight excluding hydrogens is 623 g/mol. The molecule has 2 heteroatoms. The van der Waals surface area contributed by atoms with Crippen molar-refractivity contribution in [3.63, 3.8) is 0 Å². The predicted molar refractivity (Wildman–Crippen MR) is 216 cm³/mol. The van der Waals surface area contributed by atoms with Crippen LogP contribution in [0.1, 0.15) is 0 Å². The molecule has 0 bridgehead atoms.